The fraction of sp³-hybridized carbons (Fsp3) is 0. The maximum Gasteiger partial charge on any atom is 0.234 e. The highest BCUT2D eigenvalue weighted by molar-refractivity contribution is 5.60. The maximum absolute atomic E-state index is 13.1. The Kier molecular flexibility index (Phi) is 1.93. The Morgan fingerprint density at radius 3 is 2.94 bits per heavy atom. The summed E-state index contributed by atoms with van der Waals surface area (Å²) in [5.41, 5.74) is 1.48. The zero-order valence-electron chi connectivity index (χ0n) is 8.34. The van der Waals surface area contributed by atoms with Crippen molar-refractivity contribution in [2.24, 2.45) is 0 Å². The smallest absolute Gasteiger partial charge is 0.234 e. The average molecular weight is 213 g/mol. The van der Waals surface area contributed by atoms with Crippen molar-refractivity contribution in [2.75, 3.05) is 0 Å². The minimum absolute atomic E-state index is 0.262. The number of fused-ring (bicyclic) bond motifs is 1. The molecule has 0 fully saturated rings. The van der Waals surface area contributed by atoms with Gasteiger partial charge in [-0.2, -0.15) is 0 Å². The molecule has 3 aromatic rings. The van der Waals surface area contributed by atoms with E-state index in [1.807, 2.05) is 28.9 Å². The number of nitrogens with zero attached hydrogens (tertiary/aromatic N) is 3. The van der Waals surface area contributed by atoms with Crippen LogP contribution in [0.15, 0.2) is 48.9 Å². The SMILES string of the molecule is Fc1cccc(-c2ccn3ccnc3n2)c1. The molecule has 0 spiro atoms. The summed E-state index contributed by atoms with van der Waals surface area (Å²) in [6, 6.07) is 8.20. The Hall–Kier alpha value is -2.23. The molecule has 3 rings (SSSR count). The molecule has 16 heavy (non-hydrogen) atoms. The van der Waals surface area contributed by atoms with Gasteiger partial charge in [0.05, 0.1) is 5.69 Å². The molecule has 4 heteroatoms. The van der Waals surface area contributed by atoms with Crippen LogP contribution < -0.4 is 0 Å². The van der Waals surface area contributed by atoms with Gasteiger partial charge in [0.1, 0.15) is 5.82 Å². The summed E-state index contributed by atoms with van der Waals surface area (Å²) >= 11 is 0. The van der Waals surface area contributed by atoms with Crippen molar-refractivity contribution < 1.29 is 4.39 Å². The van der Waals surface area contributed by atoms with E-state index in [0.29, 0.717) is 5.78 Å². The summed E-state index contributed by atoms with van der Waals surface area (Å²) in [7, 11) is 0. The molecule has 0 unspecified atom stereocenters. The number of hydrogen-bond donors (Lipinski definition) is 0. The number of rotatable bonds is 1. The third-order valence-electron chi connectivity index (χ3n) is 2.38. The Balaban J connectivity index is 2.18. The molecule has 78 valence electrons. The largest absolute Gasteiger partial charge is 0.291 e. The maximum atomic E-state index is 13.1. The van der Waals surface area contributed by atoms with Crippen LogP contribution in [0.2, 0.25) is 0 Å². The Morgan fingerprint density at radius 1 is 1.12 bits per heavy atom. The second-order valence-electron chi connectivity index (χ2n) is 3.46. The number of hydrogen-bond acceptors (Lipinski definition) is 2. The first-order valence-electron chi connectivity index (χ1n) is 4.88. The molecule has 2 heterocycles. The molecule has 0 aliphatic heterocycles. The van der Waals surface area contributed by atoms with Crippen LogP contribution in [0.4, 0.5) is 4.39 Å². The lowest BCUT2D eigenvalue weighted by Crippen LogP contribution is -1.90. The van der Waals surface area contributed by atoms with E-state index >= 15 is 0 Å². The van der Waals surface area contributed by atoms with E-state index in [1.54, 1.807) is 12.3 Å². The first kappa shape index (κ1) is 9.03. The molecule has 0 amide bonds. The zero-order valence-corrected chi connectivity index (χ0v) is 8.34. The predicted octanol–water partition coefficient (Wildman–Crippen LogP) is 2.54. The molecular weight excluding hydrogens is 205 g/mol. The zero-order chi connectivity index (χ0) is 11.0. The van der Waals surface area contributed by atoms with Gasteiger partial charge in [-0.3, -0.25) is 4.40 Å². The lowest BCUT2D eigenvalue weighted by Gasteiger charge is -2.01. The lowest BCUT2D eigenvalue weighted by atomic mass is 10.1. The number of halogens is 1. The summed E-state index contributed by atoms with van der Waals surface area (Å²) in [5.74, 6) is 0.351. The highest BCUT2D eigenvalue weighted by Crippen LogP contribution is 2.17. The summed E-state index contributed by atoms with van der Waals surface area (Å²) in [6.07, 6.45) is 5.35. The average Bonchev–Trinajstić information content (AvgIpc) is 2.75. The molecular formula is C12H8FN3. The van der Waals surface area contributed by atoms with E-state index in [1.165, 1.54) is 12.1 Å². The van der Waals surface area contributed by atoms with Gasteiger partial charge in [0, 0.05) is 24.2 Å². The van der Waals surface area contributed by atoms with E-state index in [4.69, 9.17) is 0 Å². The fourth-order valence-electron chi connectivity index (χ4n) is 1.61. The summed E-state index contributed by atoms with van der Waals surface area (Å²) in [4.78, 5) is 8.42. The standard InChI is InChI=1S/C12H8FN3/c13-10-3-1-2-9(8-10)11-4-6-16-7-5-14-12(16)15-11/h1-8H. The topological polar surface area (TPSA) is 30.2 Å². The molecule has 0 aliphatic carbocycles. The van der Waals surface area contributed by atoms with Crippen molar-refractivity contribution in [2.45, 2.75) is 0 Å². The molecule has 0 aliphatic rings. The van der Waals surface area contributed by atoms with Crippen molar-refractivity contribution >= 4 is 5.78 Å². The Bertz CT molecular complexity index is 645. The number of benzene rings is 1. The fourth-order valence-corrected chi connectivity index (χ4v) is 1.61. The van der Waals surface area contributed by atoms with E-state index in [0.717, 1.165) is 11.3 Å². The molecule has 0 N–H and O–H groups in total. The molecule has 0 saturated carbocycles. The van der Waals surface area contributed by atoms with Gasteiger partial charge >= 0.3 is 0 Å². The van der Waals surface area contributed by atoms with Crippen LogP contribution >= 0.6 is 0 Å². The normalized spacial score (nSPS) is 10.8. The van der Waals surface area contributed by atoms with Crippen LogP contribution in [0.25, 0.3) is 17.0 Å². The molecule has 0 saturated heterocycles. The second kappa shape index (κ2) is 3.41. The van der Waals surface area contributed by atoms with Crippen molar-refractivity contribution in [1.82, 2.24) is 14.4 Å². The quantitative estimate of drug-likeness (QED) is 0.621. The van der Waals surface area contributed by atoms with Gasteiger partial charge < -0.3 is 0 Å². The summed E-state index contributed by atoms with van der Waals surface area (Å²) in [5, 5.41) is 0. The number of aromatic nitrogens is 3. The second-order valence-corrected chi connectivity index (χ2v) is 3.46. The van der Waals surface area contributed by atoms with Crippen molar-refractivity contribution in [3.05, 3.63) is 54.7 Å². The lowest BCUT2D eigenvalue weighted by molar-refractivity contribution is 0.628. The van der Waals surface area contributed by atoms with E-state index in [9.17, 15) is 4.39 Å². The van der Waals surface area contributed by atoms with Crippen LogP contribution in [0, 0.1) is 5.82 Å². The van der Waals surface area contributed by atoms with E-state index < -0.39 is 0 Å². The van der Waals surface area contributed by atoms with Crippen LogP contribution in [0.3, 0.4) is 0 Å². The molecule has 0 bridgehead atoms. The van der Waals surface area contributed by atoms with Gasteiger partial charge in [-0.15, -0.1) is 0 Å². The Labute approximate surface area is 91.2 Å². The third-order valence-corrected chi connectivity index (χ3v) is 2.38. The van der Waals surface area contributed by atoms with Gasteiger partial charge in [-0.25, -0.2) is 14.4 Å². The van der Waals surface area contributed by atoms with Gasteiger partial charge in [0.2, 0.25) is 5.78 Å². The van der Waals surface area contributed by atoms with Crippen LogP contribution in [-0.4, -0.2) is 14.4 Å². The van der Waals surface area contributed by atoms with Crippen LogP contribution in [0.5, 0.6) is 0 Å². The van der Waals surface area contributed by atoms with E-state index in [2.05, 4.69) is 9.97 Å². The summed E-state index contributed by atoms with van der Waals surface area (Å²) in [6.45, 7) is 0. The van der Waals surface area contributed by atoms with Crippen molar-refractivity contribution in [3.8, 4) is 11.3 Å². The molecule has 3 nitrogen and oxygen atoms in total. The monoisotopic (exact) mass is 213 g/mol. The third kappa shape index (κ3) is 1.44. The molecule has 1 aromatic carbocycles. The predicted molar refractivity (Wildman–Crippen MR) is 58.4 cm³/mol. The van der Waals surface area contributed by atoms with Gasteiger partial charge in [-0.05, 0) is 18.2 Å². The minimum atomic E-state index is -0.262. The highest BCUT2D eigenvalue weighted by atomic mass is 19.1. The molecule has 0 radical (unpaired) electrons. The van der Waals surface area contributed by atoms with Gasteiger partial charge in [0.15, 0.2) is 0 Å². The van der Waals surface area contributed by atoms with Crippen molar-refractivity contribution in [1.29, 1.82) is 0 Å². The summed E-state index contributed by atoms with van der Waals surface area (Å²) < 4.78 is 14.9. The first-order valence-corrected chi connectivity index (χ1v) is 4.88. The molecule has 0 atom stereocenters. The van der Waals surface area contributed by atoms with Crippen molar-refractivity contribution in [3.63, 3.8) is 0 Å². The Morgan fingerprint density at radius 2 is 2.06 bits per heavy atom. The van der Waals surface area contributed by atoms with E-state index in [-0.39, 0.29) is 5.82 Å². The molecule has 2 aromatic heterocycles. The van der Waals surface area contributed by atoms with Crippen LogP contribution in [-0.2, 0) is 0 Å². The van der Waals surface area contributed by atoms with Crippen LogP contribution in [0.1, 0.15) is 0 Å². The van der Waals surface area contributed by atoms with Gasteiger partial charge in [-0.1, -0.05) is 12.1 Å². The number of imidazole rings is 1. The first-order chi connectivity index (χ1) is 7.83. The minimum Gasteiger partial charge on any atom is -0.291 e. The van der Waals surface area contributed by atoms with Gasteiger partial charge in [0.25, 0.3) is 0 Å². The highest BCUT2D eigenvalue weighted by Gasteiger charge is 2.02.